The first-order valence-corrected chi connectivity index (χ1v) is 14.8. The van der Waals surface area contributed by atoms with Crippen LogP contribution in [-0.2, 0) is 30.5 Å². The Morgan fingerprint density at radius 2 is 1.69 bits per heavy atom. The molecular weight excluding hydrogens is 486 g/mol. The van der Waals surface area contributed by atoms with Crippen LogP contribution >= 0.6 is 0 Å². The van der Waals surface area contributed by atoms with E-state index in [1.165, 1.54) is 24.0 Å². The second kappa shape index (κ2) is 13.1. The number of likely N-dealkylation sites (tertiary alicyclic amines) is 1. The number of piperidine rings is 1. The van der Waals surface area contributed by atoms with Crippen LogP contribution in [0.15, 0.2) is 42.5 Å². The molecule has 39 heavy (non-hydrogen) atoms. The van der Waals surface area contributed by atoms with Gasteiger partial charge in [-0.25, -0.2) is 0 Å². The zero-order valence-corrected chi connectivity index (χ0v) is 24.3. The van der Waals surface area contributed by atoms with Crippen molar-refractivity contribution in [3.05, 3.63) is 70.3 Å². The van der Waals surface area contributed by atoms with E-state index in [-0.39, 0.29) is 29.7 Å². The van der Waals surface area contributed by atoms with Crippen molar-refractivity contribution in [1.29, 1.82) is 0 Å². The van der Waals surface area contributed by atoms with E-state index in [9.17, 15) is 14.7 Å². The third-order valence-electron chi connectivity index (χ3n) is 8.25. The molecule has 2 aliphatic rings. The summed E-state index contributed by atoms with van der Waals surface area (Å²) in [4.78, 5) is 28.8. The Labute approximate surface area is 234 Å². The van der Waals surface area contributed by atoms with Gasteiger partial charge in [0.2, 0.25) is 5.91 Å². The maximum absolute atomic E-state index is 13.4. The Morgan fingerprint density at radius 1 is 1.00 bits per heavy atom. The van der Waals surface area contributed by atoms with Gasteiger partial charge in [-0.2, -0.15) is 0 Å². The maximum atomic E-state index is 13.4. The smallest absolute Gasteiger partial charge is 0.251 e. The van der Waals surface area contributed by atoms with Crippen molar-refractivity contribution in [2.75, 3.05) is 19.6 Å². The molecule has 2 aromatic carbocycles. The standard InChI is InChI=1S/C33H47N3O3/c1-5-36-18-16-25(17-19-36)31(38)34-29(21-23-14-15-24-10-6-7-11-26(24)20-23)30(37)22-27-12-8-9-13-28(27)32(39)35-33(2,3)4/h8-9,12-15,20,25,29-30,37H,5-7,10-11,16-19,21-22H2,1-4H3,(H,34,38)(H,35,39)/t29-,30+/m0/s1. The molecule has 6 heteroatoms. The van der Waals surface area contributed by atoms with Crippen LogP contribution in [0.5, 0.6) is 0 Å². The molecule has 4 rings (SSSR count). The average Bonchev–Trinajstić information content (AvgIpc) is 2.92. The number of nitrogens with one attached hydrogen (secondary N) is 2. The number of aryl methyl sites for hydroxylation is 2. The van der Waals surface area contributed by atoms with E-state index in [4.69, 9.17) is 0 Å². The summed E-state index contributed by atoms with van der Waals surface area (Å²) < 4.78 is 0. The molecule has 0 aromatic heterocycles. The Bertz CT molecular complexity index is 1130. The summed E-state index contributed by atoms with van der Waals surface area (Å²) in [6.45, 7) is 10.9. The van der Waals surface area contributed by atoms with Gasteiger partial charge in [0.1, 0.15) is 0 Å². The van der Waals surface area contributed by atoms with Gasteiger partial charge < -0.3 is 20.6 Å². The average molecular weight is 534 g/mol. The topological polar surface area (TPSA) is 81.7 Å². The lowest BCUT2D eigenvalue weighted by Crippen LogP contribution is -2.49. The molecule has 1 heterocycles. The summed E-state index contributed by atoms with van der Waals surface area (Å²) in [7, 11) is 0. The minimum atomic E-state index is -0.829. The Morgan fingerprint density at radius 3 is 2.38 bits per heavy atom. The summed E-state index contributed by atoms with van der Waals surface area (Å²) in [6, 6.07) is 13.7. The minimum Gasteiger partial charge on any atom is -0.391 e. The minimum absolute atomic E-state index is 0.0316. The molecule has 0 bridgehead atoms. The van der Waals surface area contributed by atoms with E-state index < -0.39 is 12.1 Å². The molecule has 6 nitrogen and oxygen atoms in total. The van der Waals surface area contributed by atoms with Gasteiger partial charge in [0.15, 0.2) is 0 Å². The highest BCUT2D eigenvalue weighted by molar-refractivity contribution is 5.96. The lowest BCUT2D eigenvalue weighted by molar-refractivity contribution is -0.128. The Balaban J connectivity index is 1.53. The molecule has 0 saturated carbocycles. The number of hydrogen-bond donors (Lipinski definition) is 3. The van der Waals surface area contributed by atoms with Crippen LogP contribution in [0.2, 0.25) is 0 Å². The van der Waals surface area contributed by atoms with Crippen molar-refractivity contribution in [2.45, 2.75) is 96.7 Å². The number of carbonyl (C=O) groups excluding carboxylic acids is 2. The van der Waals surface area contributed by atoms with Crippen LogP contribution in [0, 0.1) is 5.92 Å². The lowest BCUT2D eigenvalue weighted by atomic mass is 9.87. The molecule has 1 aliphatic carbocycles. The number of aliphatic hydroxyl groups is 1. The largest absolute Gasteiger partial charge is 0.391 e. The Kier molecular flexibility index (Phi) is 9.84. The zero-order valence-electron chi connectivity index (χ0n) is 24.3. The molecule has 212 valence electrons. The highest BCUT2D eigenvalue weighted by Gasteiger charge is 2.30. The third-order valence-corrected chi connectivity index (χ3v) is 8.25. The second-order valence-corrected chi connectivity index (χ2v) is 12.5. The van der Waals surface area contributed by atoms with Crippen molar-refractivity contribution < 1.29 is 14.7 Å². The summed E-state index contributed by atoms with van der Waals surface area (Å²) in [5.41, 5.74) is 4.95. The summed E-state index contributed by atoms with van der Waals surface area (Å²) in [5.74, 6) is -0.148. The fourth-order valence-corrected chi connectivity index (χ4v) is 5.96. The lowest BCUT2D eigenvalue weighted by Gasteiger charge is -2.32. The fourth-order valence-electron chi connectivity index (χ4n) is 5.96. The number of carbonyl (C=O) groups is 2. The van der Waals surface area contributed by atoms with Gasteiger partial charge >= 0.3 is 0 Å². The summed E-state index contributed by atoms with van der Waals surface area (Å²) >= 11 is 0. The molecule has 2 amide bonds. The normalized spacial score (nSPS) is 18.2. The van der Waals surface area contributed by atoms with E-state index >= 15 is 0 Å². The quantitative estimate of drug-likeness (QED) is 0.445. The van der Waals surface area contributed by atoms with E-state index in [2.05, 4.69) is 40.7 Å². The van der Waals surface area contributed by atoms with Gasteiger partial charge in [0.25, 0.3) is 5.91 Å². The van der Waals surface area contributed by atoms with E-state index in [1.807, 2.05) is 45.0 Å². The van der Waals surface area contributed by atoms with Gasteiger partial charge in [0, 0.05) is 23.4 Å². The summed E-state index contributed by atoms with van der Waals surface area (Å²) in [5, 5.41) is 17.9. The highest BCUT2D eigenvalue weighted by atomic mass is 16.3. The predicted octanol–water partition coefficient (Wildman–Crippen LogP) is 4.46. The van der Waals surface area contributed by atoms with Crippen LogP contribution in [0.25, 0.3) is 0 Å². The molecule has 2 atom stereocenters. The number of aliphatic hydroxyl groups excluding tert-OH is 1. The van der Waals surface area contributed by atoms with Crippen molar-refractivity contribution in [3.8, 4) is 0 Å². The highest BCUT2D eigenvalue weighted by Crippen LogP contribution is 2.24. The molecule has 2 aromatic rings. The molecule has 1 saturated heterocycles. The third kappa shape index (κ3) is 8.15. The van der Waals surface area contributed by atoms with E-state index in [0.29, 0.717) is 12.0 Å². The first-order valence-electron chi connectivity index (χ1n) is 14.8. The number of rotatable bonds is 9. The molecule has 0 radical (unpaired) electrons. The van der Waals surface area contributed by atoms with Crippen LogP contribution in [0.4, 0.5) is 0 Å². The maximum Gasteiger partial charge on any atom is 0.251 e. The van der Waals surface area contributed by atoms with Crippen LogP contribution in [0.1, 0.15) is 86.0 Å². The van der Waals surface area contributed by atoms with Crippen molar-refractivity contribution in [3.63, 3.8) is 0 Å². The number of hydrogen-bond acceptors (Lipinski definition) is 4. The molecular formula is C33H47N3O3. The number of amides is 2. The molecule has 0 unspecified atom stereocenters. The van der Waals surface area contributed by atoms with Gasteiger partial charge in [-0.3, -0.25) is 9.59 Å². The molecule has 1 aliphatic heterocycles. The van der Waals surface area contributed by atoms with E-state index in [0.717, 1.165) is 56.4 Å². The van der Waals surface area contributed by atoms with Crippen LogP contribution < -0.4 is 10.6 Å². The fraction of sp³-hybridized carbons (Fsp3) is 0.576. The zero-order chi connectivity index (χ0) is 28.0. The van der Waals surface area contributed by atoms with Gasteiger partial charge in [-0.05, 0) is 114 Å². The Hall–Kier alpha value is -2.70. The molecule has 1 fully saturated rings. The first kappa shape index (κ1) is 29.3. The second-order valence-electron chi connectivity index (χ2n) is 12.5. The molecule has 3 N–H and O–H groups in total. The predicted molar refractivity (Wildman–Crippen MR) is 157 cm³/mol. The number of nitrogens with zero attached hydrogens (tertiary/aromatic N) is 1. The SMILES string of the molecule is CCN1CCC(C(=O)N[C@@H](Cc2ccc3c(c2)CCCC3)[C@H](O)Cc2ccccc2C(=O)NC(C)(C)C)CC1. The van der Waals surface area contributed by atoms with Gasteiger partial charge in [-0.1, -0.05) is 43.3 Å². The van der Waals surface area contributed by atoms with Crippen molar-refractivity contribution in [1.82, 2.24) is 15.5 Å². The van der Waals surface area contributed by atoms with E-state index in [1.54, 1.807) is 0 Å². The number of fused-ring (bicyclic) bond motifs is 1. The van der Waals surface area contributed by atoms with Crippen molar-refractivity contribution in [2.24, 2.45) is 5.92 Å². The van der Waals surface area contributed by atoms with Crippen LogP contribution in [0.3, 0.4) is 0 Å². The van der Waals surface area contributed by atoms with Gasteiger partial charge in [-0.15, -0.1) is 0 Å². The van der Waals surface area contributed by atoms with Crippen LogP contribution in [-0.4, -0.2) is 59.1 Å². The first-order chi connectivity index (χ1) is 18.6. The monoisotopic (exact) mass is 533 g/mol. The molecule has 0 spiro atoms. The van der Waals surface area contributed by atoms with Crippen molar-refractivity contribution >= 4 is 11.8 Å². The van der Waals surface area contributed by atoms with Gasteiger partial charge in [0.05, 0.1) is 12.1 Å². The summed E-state index contributed by atoms with van der Waals surface area (Å²) in [6.07, 6.45) is 6.38. The number of benzene rings is 2.